The standard InChI is InChI=1S/C16H22N2O5/c1-16(2,3)23-15(21)18-12(13-9-17-14(20)22-13)8-10-5-4-6-11(19)7-10/h4-7,12-13,19H,8-9H2,1-3H3,(H,17,20)(H,18,21)/t12-,13+/m0/s1. The zero-order valence-corrected chi connectivity index (χ0v) is 13.5. The Morgan fingerprint density at radius 3 is 2.83 bits per heavy atom. The first-order valence-corrected chi connectivity index (χ1v) is 7.45. The van der Waals surface area contributed by atoms with Gasteiger partial charge in [-0.1, -0.05) is 12.1 Å². The average molecular weight is 322 g/mol. The Kier molecular flexibility index (Phi) is 4.98. The van der Waals surface area contributed by atoms with Crippen LogP contribution >= 0.6 is 0 Å². The first-order valence-electron chi connectivity index (χ1n) is 7.45. The summed E-state index contributed by atoms with van der Waals surface area (Å²) in [5, 5.41) is 14.9. The van der Waals surface area contributed by atoms with Crippen LogP contribution in [0, 0.1) is 0 Å². The Hall–Kier alpha value is -2.44. The molecule has 1 aliphatic rings. The van der Waals surface area contributed by atoms with Crippen molar-refractivity contribution in [1.82, 2.24) is 10.6 Å². The summed E-state index contributed by atoms with van der Waals surface area (Å²) in [7, 11) is 0. The summed E-state index contributed by atoms with van der Waals surface area (Å²) >= 11 is 0. The van der Waals surface area contributed by atoms with Crippen molar-refractivity contribution >= 4 is 12.2 Å². The van der Waals surface area contributed by atoms with Crippen LogP contribution in [0.5, 0.6) is 5.75 Å². The SMILES string of the molecule is CC(C)(C)OC(=O)N[C@@H](Cc1cccc(O)c1)[C@H]1CNC(=O)O1. The van der Waals surface area contributed by atoms with Gasteiger partial charge in [0.25, 0.3) is 0 Å². The lowest BCUT2D eigenvalue weighted by Crippen LogP contribution is -2.48. The van der Waals surface area contributed by atoms with E-state index in [1.165, 1.54) is 0 Å². The number of carbonyl (C=O) groups excluding carboxylic acids is 2. The van der Waals surface area contributed by atoms with Crippen LogP contribution in [0.2, 0.25) is 0 Å². The van der Waals surface area contributed by atoms with E-state index in [9.17, 15) is 14.7 Å². The summed E-state index contributed by atoms with van der Waals surface area (Å²) < 4.78 is 10.4. The minimum absolute atomic E-state index is 0.139. The first-order chi connectivity index (χ1) is 10.7. The third kappa shape index (κ3) is 5.36. The quantitative estimate of drug-likeness (QED) is 0.787. The van der Waals surface area contributed by atoms with Crippen molar-refractivity contribution in [3.05, 3.63) is 29.8 Å². The molecule has 2 rings (SSSR count). The average Bonchev–Trinajstić information content (AvgIpc) is 2.82. The van der Waals surface area contributed by atoms with E-state index in [0.717, 1.165) is 5.56 Å². The van der Waals surface area contributed by atoms with Gasteiger partial charge in [-0.05, 0) is 44.9 Å². The van der Waals surface area contributed by atoms with E-state index < -0.39 is 29.9 Å². The number of amides is 2. The number of rotatable bonds is 4. The Bertz CT molecular complexity index is 582. The zero-order chi connectivity index (χ0) is 17.0. The molecule has 126 valence electrons. The molecule has 3 N–H and O–H groups in total. The number of hydrogen-bond acceptors (Lipinski definition) is 5. The Labute approximate surface area is 135 Å². The molecular formula is C16H22N2O5. The van der Waals surface area contributed by atoms with Gasteiger partial charge >= 0.3 is 12.2 Å². The van der Waals surface area contributed by atoms with E-state index in [0.29, 0.717) is 13.0 Å². The molecule has 0 aromatic heterocycles. The summed E-state index contributed by atoms with van der Waals surface area (Å²) in [4.78, 5) is 23.3. The fraction of sp³-hybridized carbons (Fsp3) is 0.500. The van der Waals surface area contributed by atoms with E-state index in [-0.39, 0.29) is 5.75 Å². The highest BCUT2D eigenvalue weighted by molar-refractivity contribution is 5.71. The van der Waals surface area contributed by atoms with Crippen LogP contribution in [-0.4, -0.2) is 41.6 Å². The molecule has 7 nitrogen and oxygen atoms in total. The Morgan fingerprint density at radius 2 is 2.26 bits per heavy atom. The molecule has 7 heteroatoms. The topological polar surface area (TPSA) is 96.9 Å². The number of hydrogen-bond donors (Lipinski definition) is 3. The summed E-state index contributed by atoms with van der Waals surface area (Å²) in [6.45, 7) is 5.62. The van der Waals surface area contributed by atoms with Crippen molar-refractivity contribution in [1.29, 1.82) is 0 Å². The van der Waals surface area contributed by atoms with Crippen LogP contribution in [0.1, 0.15) is 26.3 Å². The van der Waals surface area contributed by atoms with E-state index in [1.54, 1.807) is 39.0 Å². The molecule has 23 heavy (non-hydrogen) atoms. The molecule has 2 amide bonds. The zero-order valence-electron chi connectivity index (χ0n) is 13.5. The molecule has 0 aliphatic carbocycles. The van der Waals surface area contributed by atoms with Crippen molar-refractivity contribution in [2.24, 2.45) is 0 Å². The van der Waals surface area contributed by atoms with E-state index in [1.807, 2.05) is 6.07 Å². The normalized spacial score (nSPS) is 18.7. The lowest BCUT2D eigenvalue weighted by molar-refractivity contribution is 0.0436. The molecular weight excluding hydrogens is 300 g/mol. The molecule has 0 bridgehead atoms. The number of ether oxygens (including phenoxy) is 2. The smallest absolute Gasteiger partial charge is 0.408 e. The summed E-state index contributed by atoms with van der Waals surface area (Å²) in [5.74, 6) is 0.139. The van der Waals surface area contributed by atoms with Gasteiger partial charge in [0.2, 0.25) is 0 Å². The van der Waals surface area contributed by atoms with Crippen LogP contribution in [-0.2, 0) is 15.9 Å². The molecule has 1 fully saturated rings. The minimum atomic E-state index is -0.621. The highest BCUT2D eigenvalue weighted by Crippen LogP contribution is 2.17. The molecule has 0 saturated carbocycles. The maximum Gasteiger partial charge on any atom is 0.408 e. The van der Waals surface area contributed by atoms with Crippen LogP contribution < -0.4 is 10.6 Å². The van der Waals surface area contributed by atoms with E-state index >= 15 is 0 Å². The Balaban J connectivity index is 2.08. The second-order valence-corrected chi connectivity index (χ2v) is 6.45. The first kappa shape index (κ1) is 16.9. The van der Waals surface area contributed by atoms with Gasteiger partial charge in [0, 0.05) is 0 Å². The third-order valence-electron chi connectivity index (χ3n) is 3.22. The van der Waals surface area contributed by atoms with Gasteiger partial charge in [-0.2, -0.15) is 0 Å². The monoisotopic (exact) mass is 322 g/mol. The molecule has 1 saturated heterocycles. The summed E-state index contributed by atoms with van der Waals surface area (Å²) in [6, 6.07) is 6.25. The van der Waals surface area contributed by atoms with Gasteiger partial charge in [0.05, 0.1) is 12.6 Å². The Morgan fingerprint density at radius 1 is 1.52 bits per heavy atom. The van der Waals surface area contributed by atoms with Crippen molar-refractivity contribution in [2.45, 2.75) is 44.9 Å². The van der Waals surface area contributed by atoms with Crippen LogP contribution in [0.25, 0.3) is 0 Å². The molecule has 1 aromatic carbocycles. The molecule has 0 radical (unpaired) electrons. The second-order valence-electron chi connectivity index (χ2n) is 6.45. The number of carbonyl (C=O) groups is 2. The molecule has 0 unspecified atom stereocenters. The largest absolute Gasteiger partial charge is 0.508 e. The fourth-order valence-corrected chi connectivity index (χ4v) is 2.30. The van der Waals surface area contributed by atoms with Crippen molar-refractivity contribution in [2.75, 3.05) is 6.54 Å². The minimum Gasteiger partial charge on any atom is -0.508 e. The van der Waals surface area contributed by atoms with Crippen LogP contribution in [0.4, 0.5) is 9.59 Å². The number of benzene rings is 1. The highest BCUT2D eigenvalue weighted by atomic mass is 16.6. The predicted octanol–water partition coefficient (Wildman–Crippen LogP) is 1.94. The third-order valence-corrected chi connectivity index (χ3v) is 3.22. The van der Waals surface area contributed by atoms with Crippen molar-refractivity contribution in [3.63, 3.8) is 0 Å². The summed E-state index contributed by atoms with van der Waals surface area (Å²) in [6.07, 6.45) is -1.20. The van der Waals surface area contributed by atoms with Gasteiger partial charge in [-0.25, -0.2) is 9.59 Å². The maximum absolute atomic E-state index is 12.0. The van der Waals surface area contributed by atoms with E-state index in [4.69, 9.17) is 9.47 Å². The molecule has 0 spiro atoms. The lowest BCUT2D eigenvalue weighted by Gasteiger charge is -2.26. The number of cyclic esters (lactones) is 1. The lowest BCUT2D eigenvalue weighted by atomic mass is 10.0. The number of nitrogens with one attached hydrogen (secondary N) is 2. The molecule has 1 aliphatic heterocycles. The number of phenols is 1. The van der Waals surface area contributed by atoms with Crippen LogP contribution in [0.15, 0.2) is 24.3 Å². The van der Waals surface area contributed by atoms with Crippen molar-refractivity contribution < 1.29 is 24.2 Å². The van der Waals surface area contributed by atoms with Gasteiger partial charge in [-0.15, -0.1) is 0 Å². The number of phenolic OH excluding ortho intramolecular Hbond substituents is 1. The highest BCUT2D eigenvalue weighted by Gasteiger charge is 2.33. The van der Waals surface area contributed by atoms with Gasteiger partial charge in [-0.3, -0.25) is 0 Å². The van der Waals surface area contributed by atoms with Gasteiger partial charge < -0.3 is 25.2 Å². The number of aromatic hydroxyl groups is 1. The molecule has 2 atom stereocenters. The van der Waals surface area contributed by atoms with Crippen LogP contribution in [0.3, 0.4) is 0 Å². The fourth-order valence-electron chi connectivity index (χ4n) is 2.30. The van der Waals surface area contributed by atoms with Gasteiger partial charge in [0.1, 0.15) is 17.5 Å². The second kappa shape index (κ2) is 6.76. The predicted molar refractivity (Wildman–Crippen MR) is 83.2 cm³/mol. The van der Waals surface area contributed by atoms with Crippen molar-refractivity contribution in [3.8, 4) is 5.75 Å². The molecule has 1 heterocycles. The number of alkyl carbamates (subject to hydrolysis) is 2. The van der Waals surface area contributed by atoms with Gasteiger partial charge in [0.15, 0.2) is 0 Å². The van der Waals surface area contributed by atoms with E-state index in [2.05, 4.69) is 10.6 Å². The summed E-state index contributed by atoms with van der Waals surface area (Å²) in [5.41, 5.74) is 0.193. The maximum atomic E-state index is 12.0. The molecule has 1 aromatic rings.